The quantitative estimate of drug-likeness (QED) is 0.868. The lowest BCUT2D eigenvalue weighted by Crippen LogP contribution is -2.22. The average Bonchev–Trinajstić information content (AvgIpc) is 2.99. The van der Waals surface area contributed by atoms with Crippen molar-refractivity contribution in [1.82, 2.24) is 15.3 Å². The largest absolute Gasteiger partial charge is 0.348 e. The fraction of sp³-hybridized carbons (Fsp3) is 0.357. The Morgan fingerprint density at radius 2 is 2.39 bits per heavy atom. The zero-order valence-electron chi connectivity index (χ0n) is 10.1. The maximum absolute atomic E-state index is 13.1. The Kier molecular flexibility index (Phi) is 3.11. The lowest BCUT2D eigenvalue weighted by Gasteiger charge is -2.13. The van der Waals surface area contributed by atoms with Gasteiger partial charge < -0.3 is 10.3 Å². The predicted octanol–water partition coefficient (Wildman–Crippen LogP) is 2.37. The van der Waals surface area contributed by atoms with Crippen molar-refractivity contribution in [3.8, 4) is 0 Å². The van der Waals surface area contributed by atoms with Gasteiger partial charge in [-0.1, -0.05) is 6.07 Å². The van der Waals surface area contributed by atoms with Crippen molar-refractivity contribution in [1.29, 1.82) is 0 Å². The highest BCUT2D eigenvalue weighted by Gasteiger charge is 2.21. The summed E-state index contributed by atoms with van der Waals surface area (Å²) in [4.78, 5) is 7.08. The maximum Gasteiger partial charge on any atom is 0.123 e. The van der Waals surface area contributed by atoms with Crippen molar-refractivity contribution in [2.75, 3.05) is 6.54 Å². The van der Waals surface area contributed by atoms with E-state index in [9.17, 15) is 4.39 Å². The van der Waals surface area contributed by atoms with Crippen LogP contribution in [0.4, 0.5) is 4.39 Å². The van der Waals surface area contributed by atoms with Crippen LogP contribution < -0.4 is 5.32 Å². The molecule has 94 valence electrons. The normalized spacial score (nSPS) is 17.9. The van der Waals surface area contributed by atoms with E-state index in [1.807, 2.05) is 12.3 Å². The molecule has 3 rings (SSSR count). The van der Waals surface area contributed by atoms with Crippen LogP contribution in [0.25, 0.3) is 0 Å². The molecule has 1 aliphatic carbocycles. The zero-order valence-corrected chi connectivity index (χ0v) is 10.1. The monoisotopic (exact) mass is 245 g/mol. The van der Waals surface area contributed by atoms with Gasteiger partial charge in [0.2, 0.25) is 0 Å². The maximum atomic E-state index is 13.1. The number of nitrogens with zero attached hydrogens (tertiary/aromatic N) is 1. The molecule has 1 aliphatic rings. The van der Waals surface area contributed by atoms with Gasteiger partial charge in [-0.15, -0.1) is 0 Å². The highest BCUT2D eigenvalue weighted by molar-refractivity contribution is 5.34. The van der Waals surface area contributed by atoms with Gasteiger partial charge in [0.05, 0.1) is 6.33 Å². The minimum atomic E-state index is -0.133. The molecular weight excluding hydrogens is 229 g/mol. The van der Waals surface area contributed by atoms with Gasteiger partial charge >= 0.3 is 0 Å². The lowest BCUT2D eigenvalue weighted by molar-refractivity contribution is 0.532. The van der Waals surface area contributed by atoms with Gasteiger partial charge in [0.15, 0.2) is 0 Å². The number of nitrogens with one attached hydrogen (secondary N) is 2. The molecule has 0 bridgehead atoms. The number of imidazole rings is 1. The molecule has 1 atom stereocenters. The predicted molar refractivity (Wildman–Crippen MR) is 67.8 cm³/mol. The molecule has 2 aromatic rings. The molecule has 3 nitrogen and oxygen atoms in total. The van der Waals surface area contributed by atoms with Crippen molar-refractivity contribution in [3.63, 3.8) is 0 Å². The molecule has 1 heterocycles. The second-order valence-electron chi connectivity index (χ2n) is 4.72. The van der Waals surface area contributed by atoms with Crippen molar-refractivity contribution in [2.24, 2.45) is 0 Å². The second-order valence-corrected chi connectivity index (χ2v) is 4.72. The van der Waals surface area contributed by atoms with Gasteiger partial charge in [0.1, 0.15) is 5.82 Å². The molecule has 0 fully saturated rings. The van der Waals surface area contributed by atoms with Crippen molar-refractivity contribution >= 4 is 0 Å². The first-order valence-corrected chi connectivity index (χ1v) is 6.32. The minimum Gasteiger partial charge on any atom is -0.348 e. The third-order valence-electron chi connectivity index (χ3n) is 3.52. The zero-order chi connectivity index (χ0) is 12.4. The Labute approximate surface area is 105 Å². The van der Waals surface area contributed by atoms with E-state index in [1.165, 1.54) is 5.56 Å². The highest BCUT2D eigenvalue weighted by Crippen LogP contribution is 2.31. The van der Waals surface area contributed by atoms with Gasteiger partial charge in [-0.05, 0) is 36.1 Å². The summed E-state index contributed by atoms with van der Waals surface area (Å²) in [5.74, 6) is -0.133. The van der Waals surface area contributed by atoms with Crippen LogP contribution in [0.15, 0.2) is 30.7 Å². The van der Waals surface area contributed by atoms with E-state index >= 15 is 0 Å². The molecule has 0 spiro atoms. The van der Waals surface area contributed by atoms with Gasteiger partial charge in [0.25, 0.3) is 0 Å². The number of rotatable bonds is 4. The number of H-pyrrole nitrogens is 1. The molecule has 0 amide bonds. The molecule has 0 saturated heterocycles. The van der Waals surface area contributed by atoms with Crippen molar-refractivity contribution in [3.05, 3.63) is 53.4 Å². The number of benzene rings is 1. The molecule has 4 heteroatoms. The Morgan fingerprint density at radius 1 is 1.44 bits per heavy atom. The summed E-state index contributed by atoms with van der Waals surface area (Å²) in [5, 5.41) is 3.53. The van der Waals surface area contributed by atoms with Crippen LogP contribution in [0.2, 0.25) is 0 Å². The third-order valence-corrected chi connectivity index (χ3v) is 3.52. The van der Waals surface area contributed by atoms with Crippen LogP contribution in [0.5, 0.6) is 0 Å². The number of halogens is 1. The van der Waals surface area contributed by atoms with Crippen molar-refractivity contribution < 1.29 is 4.39 Å². The minimum absolute atomic E-state index is 0.133. The fourth-order valence-electron chi connectivity index (χ4n) is 2.60. The van der Waals surface area contributed by atoms with Gasteiger partial charge in [-0.3, -0.25) is 0 Å². The smallest absolute Gasteiger partial charge is 0.123 e. The van der Waals surface area contributed by atoms with E-state index in [0.29, 0.717) is 6.04 Å². The Balaban J connectivity index is 1.59. The molecule has 18 heavy (non-hydrogen) atoms. The average molecular weight is 245 g/mol. The van der Waals surface area contributed by atoms with E-state index in [4.69, 9.17) is 0 Å². The second kappa shape index (κ2) is 4.90. The summed E-state index contributed by atoms with van der Waals surface area (Å²) in [6.45, 7) is 0.906. The fourth-order valence-corrected chi connectivity index (χ4v) is 2.60. The van der Waals surface area contributed by atoms with Crippen LogP contribution in [0.1, 0.15) is 29.3 Å². The van der Waals surface area contributed by atoms with Crippen LogP contribution in [0, 0.1) is 5.82 Å². The highest BCUT2D eigenvalue weighted by atomic mass is 19.1. The Hall–Kier alpha value is -1.68. The van der Waals surface area contributed by atoms with Gasteiger partial charge in [0, 0.05) is 30.9 Å². The number of fused-ring (bicyclic) bond motifs is 1. The number of hydrogen-bond donors (Lipinski definition) is 2. The van der Waals surface area contributed by atoms with Crippen molar-refractivity contribution in [2.45, 2.75) is 25.3 Å². The SMILES string of the molecule is Fc1ccc2c(c1)CCC2NCCc1cnc[nH]1. The van der Waals surface area contributed by atoms with Gasteiger partial charge in [-0.25, -0.2) is 9.37 Å². The van der Waals surface area contributed by atoms with E-state index in [0.717, 1.165) is 37.1 Å². The Morgan fingerprint density at radius 3 is 3.22 bits per heavy atom. The molecular formula is C14H16FN3. The molecule has 2 N–H and O–H groups in total. The number of aromatic amines is 1. The van der Waals surface area contributed by atoms with E-state index in [-0.39, 0.29) is 5.82 Å². The standard InChI is InChI=1S/C14H16FN3/c15-11-2-3-13-10(7-11)1-4-14(13)17-6-5-12-8-16-9-18-12/h2-3,7-9,14,17H,1,4-6H2,(H,16,18). The summed E-state index contributed by atoms with van der Waals surface area (Å²) < 4.78 is 13.1. The topological polar surface area (TPSA) is 40.7 Å². The summed E-state index contributed by atoms with van der Waals surface area (Å²) in [7, 11) is 0. The molecule has 1 aromatic carbocycles. The lowest BCUT2D eigenvalue weighted by atomic mass is 10.1. The van der Waals surface area contributed by atoms with Crippen LogP contribution in [-0.2, 0) is 12.8 Å². The number of aryl methyl sites for hydroxylation is 1. The Bertz CT molecular complexity index is 522. The van der Waals surface area contributed by atoms with E-state index in [2.05, 4.69) is 15.3 Å². The number of aromatic nitrogens is 2. The first kappa shape index (κ1) is 11.4. The molecule has 0 radical (unpaired) electrons. The van der Waals surface area contributed by atoms with Crippen LogP contribution >= 0.6 is 0 Å². The first-order chi connectivity index (χ1) is 8.83. The summed E-state index contributed by atoms with van der Waals surface area (Å²) in [5.41, 5.74) is 3.54. The van der Waals surface area contributed by atoms with Crippen LogP contribution in [0.3, 0.4) is 0 Å². The summed E-state index contributed by atoms with van der Waals surface area (Å²) in [6, 6.07) is 5.48. The van der Waals surface area contributed by atoms with E-state index < -0.39 is 0 Å². The van der Waals surface area contributed by atoms with Crippen LogP contribution in [-0.4, -0.2) is 16.5 Å². The van der Waals surface area contributed by atoms with E-state index in [1.54, 1.807) is 18.5 Å². The van der Waals surface area contributed by atoms with Gasteiger partial charge in [-0.2, -0.15) is 0 Å². The molecule has 1 unspecified atom stereocenters. The molecule has 1 aromatic heterocycles. The molecule has 0 aliphatic heterocycles. The molecule has 0 saturated carbocycles. The third kappa shape index (κ3) is 2.29. The first-order valence-electron chi connectivity index (χ1n) is 6.32. The summed E-state index contributed by atoms with van der Waals surface area (Å²) >= 11 is 0. The number of hydrogen-bond acceptors (Lipinski definition) is 2. The summed E-state index contributed by atoms with van der Waals surface area (Å²) in [6.07, 6.45) is 6.51.